The highest BCUT2D eigenvalue weighted by atomic mass is 14.3. The maximum atomic E-state index is 2.26. The highest BCUT2D eigenvalue weighted by Crippen LogP contribution is 2.48. The normalized spacial score (nSPS) is 25.7. The standard InChI is InChI=1S/C13H14/c1-2-4-10(5-3-1)12-8-13(9-12)11-6-7-11/h1-5,12H,6-9H2. The van der Waals surface area contributed by atoms with Crippen molar-refractivity contribution in [3.63, 3.8) is 0 Å². The van der Waals surface area contributed by atoms with Crippen molar-refractivity contribution in [1.82, 2.24) is 0 Å². The van der Waals surface area contributed by atoms with Crippen molar-refractivity contribution in [3.8, 4) is 0 Å². The fraction of sp³-hybridized carbons (Fsp3) is 0.385. The lowest BCUT2D eigenvalue weighted by Gasteiger charge is -2.29. The van der Waals surface area contributed by atoms with Gasteiger partial charge >= 0.3 is 0 Å². The third-order valence-corrected chi connectivity index (χ3v) is 3.26. The molecule has 2 aliphatic carbocycles. The first-order valence-electron chi connectivity index (χ1n) is 5.18. The third kappa shape index (κ3) is 1.31. The van der Waals surface area contributed by atoms with Crippen molar-refractivity contribution in [2.24, 2.45) is 0 Å². The minimum absolute atomic E-state index is 0.837. The van der Waals surface area contributed by atoms with Crippen LogP contribution in [0.4, 0.5) is 0 Å². The topological polar surface area (TPSA) is 0 Å². The molecule has 2 fully saturated rings. The van der Waals surface area contributed by atoms with Crippen LogP contribution in [0.1, 0.15) is 37.2 Å². The molecule has 0 heteroatoms. The quantitative estimate of drug-likeness (QED) is 0.564. The summed E-state index contributed by atoms with van der Waals surface area (Å²) >= 11 is 0. The molecule has 0 atom stereocenters. The van der Waals surface area contributed by atoms with Crippen LogP contribution >= 0.6 is 0 Å². The summed E-state index contributed by atoms with van der Waals surface area (Å²) in [7, 11) is 0. The first kappa shape index (κ1) is 7.37. The van der Waals surface area contributed by atoms with Crippen LogP contribution < -0.4 is 0 Å². The monoisotopic (exact) mass is 170 g/mol. The number of hydrogen-bond donors (Lipinski definition) is 0. The zero-order valence-corrected chi connectivity index (χ0v) is 7.79. The number of hydrogen-bond acceptors (Lipinski definition) is 0. The average Bonchev–Trinajstić information content (AvgIpc) is 2.88. The molecule has 0 amide bonds. The third-order valence-electron chi connectivity index (χ3n) is 3.26. The summed E-state index contributed by atoms with van der Waals surface area (Å²) in [6, 6.07) is 10.9. The van der Waals surface area contributed by atoms with E-state index in [1.165, 1.54) is 31.2 Å². The molecule has 1 aromatic carbocycles. The molecule has 0 aliphatic heterocycles. The summed E-state index contributed by atoms with van der Waals surface area (Å²) in [6.07, 6.45) is 5.49. The average molecular weight is 170 g/mol. The van der Waals surface area contributed by atoms with Gasteiger partial charge in [-0.1, -0.05) is 41.5 Å². The van der Waals surface area contributed by atoms with Gasteiger partial charge in [0.25, 0.3) is 0 Å². The number of rotatable bonds is 1. The van der Waals surface area contributed by atoms with Gasteiger partial charge in [-0.25, -0.2) is 0 Å². The Kier molecular flexibility index (Phi) is 1.55. The van der Waals surface area contributed by atoms with Crippen LogP contribution in [0.25, 0.3) is 0 Å². The summed E-state index contributed by atoms with van der Waals surface area (Å²) < 4.78 is 0. The van der Waals surface area contributed by atoms with Crippen LogP contribution in [0.2, 0.25) is 0 Å². The van der Waals surface area contributed by atoms with Crippen molar-refractivity contribution >= 4 is 0 Å². The van der Waals surface area contributed by atoms with E-state index >= 15 is 0 Å². The van der Waals surface area contributed by atoms with E-state index in [1.54, 1.807) is 11.1 Å². The second-order valence-electron chi connectivity index (χ2n) is 4.22. The molecule has 0 heterocycles. The van der Waals surface area contributed by atoms with Gasteiger partial charge in [0.05, 0.1) is 0 Å². The maximum absolute atomic E-state index is 2.26. The zero-order chi connectivity index (χ0) is 8.67. The van der Waals surface area contributed by atoms with Gasteiger partial charge in [-0.05, 0) is 37.2 Å². The van der Waals surface area contributed by atoms with Crippen LogP contribution in [0.3, 0.4) is 0 Å². The molecular weight excluding hydrogens is 156 g/mol. The Bertz CT molecular complexity index is 332. The van der Waals surface area contributed by atoms with E-state index in [2.05, 4.69) is 30.3 Å². The summed E-state index contributed by atoms with van der Waals surface area (Å²) in [5.74, 6) is 0.837. The van der Waals surface area contributed by atoms with E-state index in [1.807, 2.05) is 0 Å². The van der Waals surface area contributed by atoms with Gasteiger partial charge in [0.15, 0.2) is 0 Å². The fourth-order valence-corrected chi connectivity index (χ4v) is 2.20. The van der Waals surface area contributed by atoms with Crippen molar-refractivity contribution in [2.75, 3.05) is 0 Å². The van der Waals surface area contributed by atoms with Gasteiger partial charge in [-0.3, -0.25) is 0 Å². The Labute approximate surface area is 79.3 Å². The van der Waals surface area contributed by atoms with Gasteiger partial charge in [0.1, 0.15) is 0 Å². The molecule has 2 aliphatic rings. The molecule has 66 valence electrons. The Morgan fingerprint density at radius 2 is 1.54 bits per heavy atom. The van der Waals surface area contributed by atoms with Crippen LogP contribution in [0.5, 0.6) is 0 Å². The van der Waals surface area contributed by atoms with Gasteiger partial charge in [0.2, 0.25) is 0 Å². The minimum atomic E-state index is 0.837. The predicted molar refractivity (Wildman–Crippen MR) is 54.7 cm³/mol. The van der Waals surface area contributed by atoms with E-state index in [0.29, 0.717) is 0 Å². The van der Waals surface area contributed by atoms with Gasteiger partial charge in [-0.2, -0.15) is 0 Å². The molecule has 0 spiro atoms. The Hall–Kier alpha value is -1.04. The molecular formula is C13H14. The predicted octanol–water partition coefficient (Wildman–Crippen LogP) is 3.65. The van der Waals surface area contributed by atoms with E-state index in [-0.39, 0.29) is 0 Å². The lowest BCUT2D eigenvalue weighted by molar-refractivity contribution is 0.547. The SMILES string of the molecule is c1ccc(C2CC(=C3CC3)C2)cc1. The molecule has 0 radical (unpaired) electrons. The van der Waals surface area contributed by atoms with Gasteiger partial charge in [-0.15, -0.1) is 0 Å². The molecule has 0 aromatic heterocycles. The Morgan fingerprint density at radius 1 is 0.846 bits per heavy atom. The Balaban J connectivity index is 1.74. The molecule has 0 N–H and O–H groups in total. The Morgan fingerprint density at radius 3 is 2.15 bits per heavy atom. The van der Waals surface area contributed by atoms with Crippen molar-refractivity contribution in [2.45, 2.75) is 31.6 Å². The highest BCUT2D eigenvalue weighted by Gasteiger charge is 2.30. The summed E-state index contributed by atoms with van der Waals surface area (Å²) in [6.45, 7) is 0. The second-order valence-corrected chi connectivity index (χ2v) is 4.22. The highest BCUT2D eigenvalue weighted by molar-refractivity contribution is 5.36. The lowest BCUT2D eigenvalue weighted by Crippen LogP contribution is -2.12. The summed E-state index contributed by atoms with van der Waals surface area (Å²) in [4.78, 5) is 0. The van der Waals surface area contributed by atoms with Gasteiger partial charge in [0, 0.05) is 0 Å². The molecule has 0 saturated heterocycles. The fourth-order valence-electron chi connectivity index (χ4n) is 2.20. The van der Waals surface area contributed by atoms with Gasteiger partial charge < -0.3 is 0 Å². The smallest absolute Gasteiger partial charge is 0.00873 e. The molecule has 13 heavy (non-hydrogen) atoms. The van der Waals surface area contributed by atoms with Crippen molar-refractivity contribution in [1.29, 1.82) is 0 Å². The van der Waals surface area contributed by atoms with Crippen LogP contribution in [0, 0.1) is 0 Å². The minimum Gasteiger partial charge on any atom is -0.0703 e. The van der Waals surface area contributed by atoms with E-state index < -0.39 is 0 Å². The van der Waals surface area contributed by atoms with Crippen molar-refractivity contribution in [3.05, 3.63) is 47.0 Å². The molecule has 3 rings (SSSR count). The molecule has 0 unspecified atom stereocenters. The second kappa shape index (κ2) is 2.73. The van der Waals surface area contributed by atoms with Crippen LogP contribution in [0.15, 0.2) is 41.5 Å². The zero-order valence-electron chi connectivity index (χ0n) is 7.79. The number of benzene rings is 1. The van der Waals surface area contributed by atoms with E-state index in [0.717, 1.165) is 5.92 Å². The van der Waals surface area contributed by atoms with Crippen LogP contribution in [-0.2, 0) is 0 Å². The lowest BCUT2D eigenvalue weighted by atomic mass is 9.75. The van der Waals surface area contributed by atoms with E-state index in [4.69, 9.17) is 0 Å². The first-order valence-corrected chi connectivity index (χ1v) is 5.18. The maximum Gasteiger partial charge on any atom is -0.00873 e. The van der Waals surface area contributed by atoms with Crippen molar-refractivity contribution < 1.29 is 0 Å². The molecule has 0 bridgehead atoms. The molecule has 0 nitrogen and oxygen atoms in total. The largest absolute Gasteiger partial charge is 0.0703 e. The summed E-state index contributed by atoms with van der Waals surface area (Å²) in [5, 5.41) is 0. The first-order chi connectivity index (χ1) is 6.43. The van der Waals surface area contributed by atoms with Crippen LogP contribution in [-0.4, -0.2) is 0 Å². The molecule has 2 saturated carbocycles. The summed E-state index contributed by atoms with van der Waals surface area (Å²) in [5.41, 5.74) is 5.08. The van der Waals surface area contributed by atoms with E-state index in [9.17, 15) is 0 Å². The number of allylic oxidation sites excluding steroid dienone is 2. The molecule has 1 aromatic rings.